The minimum atomic E-state index is -0.224. The number of aromatic nitrogens is 2. The lowest BCUT2D eigenvalue weighted by atomic mass is 10.0. The van der Waals surface area contributed by atoms with Crippen molar-refractivity contribution in [2.45, 2.75) is 6.92 Å². The van der Waals surface area contributed by atoms with Gasteiger partial charge in [-0.25, -0.2) is 4.68 Å². The molecule has 1 aliphatic rings. The molecule has 156 valence electrons. The molecule has 1 amide bonds. The van der Waals surface area contributed by atoms with Crippen molar-refractivity contribution < 1.29 is 4.79 Å². The largest absolute Gasteiger partial charge is 0.335 e. The van der Waals surface area contributed by atoms with Crippen LogP contribution in [0.3, 0.4) is 0 Å². The van der Waals surface area contributed by atoms with Crippen LogP contribution >= 0.6 is 0 Å². The Labute approximate surface area is 182 Å². The summed E-state index contributed by atoms with van der Waals surface area (Å²) in [5.74, 6) is -0.224. The fourth-order valence-corrected chi connectivity index (χ4v) is 3.62. The molecule has 0 saturated carbocycles. The molecule has 0 radical (unpaired) electrons. The van der Waals surface area contributed by atoms with E-state index in [4.69, 9.17) is 5.10 Å². The maximum atomic E-state index is 13.0. The first kappa shape index (κ1) is 20.6. The van der Waals surface area contributed by atoms with Gasteiger partial charge >= 0.3 is 0 Å². The number of nitriles is 1. The second-order valence-corrected chi connectivity index (χ2v) is 7.84. The molecule has 2 aromatic carbocycles. The minimum Gasteiger partial charge on any atom is -0.335 e. The van der Waals surface area contributed by atoms with Gasteiger partial charge in [0.1, 0.15) is 11.6 Å². The molecule has 6 nitrogen and oxygen atoms in total. The molecule has 1 aromatic heterocycles. The number of aryl methyl sites for hydroxylation is 1. The zero-order valence-electron chi connectivity index (χ0n) is 17.8. The Bertz CT molecular complexity index is 1130. The summed E-state index contributed by atoms with van der Waals surface area (Å²) in [5, 5.41) is 14.5. The van der Waals surface area contributed by atoms with E-state index in [0.29, 0.717) is 13.1 Å². The summed E-state index contributed by atoms with van der Waals surface area (Å²) in [5.41, 5.74) is 4.63. The summed E-state index contributed by atoms with van der Waals surface area (Å²) >= 11 is 0. The lowest BCUT2D eigenvalue weighted by Gasteiger charge is -2.32. The van der Waals surface area contributed by atoms with Crippen molar-refractivity contribution in [1.82, 2.24) is 19.6 Å². The summed E-state index contributed by atoms with van der Waals surface area (Å²) in [7, 11) is 2.04. The van der Waals surface area contributed by atoms with Crippen LogP contribution < -0.4 is 0 Å². The molecule has 2 heterocycles. The average Bonchev–Trinajstić information content (AvgIpc) is 3.22. The fraction of sp³-hybridized carbons (Fsp3) is 0.240. The van der Waals surface area contributed by atoms with E-state index in [2.05, 4.69) is 11.0 Å². The SMILES string of the molecule is Cc1ccc(-c2nn(-c3ccccc3)cc2C=C(C#N)C(=O)N2CCN(C)CC2)cc1. The Balaban J connectivity index is 1.74. The van der Waals surface area contributed by atoms with E-state index in [-0.39, 0.29) is 11.5 Å². The molecule has 3 aromatic rings. The molecular weight excluding hydrogens is 386 g/mol. The van der Waals surface area contributed by atoms with E-state index < -0.39 is 0 Å². The Morgan fingerprint density at radius 2 is 1.71 bits per heavy atom. The van der Waals surface area contributed by atoms with Gasteiger partial charge in [0.05, 0.1) is 11.4 Å². The zero-order chi connectivity index (χ0) is 21.8. The fourth-order valence-electron chi connectivity index (χ4n) is 3.62. The lowest BCUT2D eigenvalue weighted by Crippen LogP contribution is -2.47. The van der Waals surface area contributed by atoms with Crippen LogP contribution in [-0.4, -0.2) is 58.7 Å². The van der Waals surface area contributed by atoms with Gasteiger partial charge in [-0.2, -0.15) is 10.4 Å². The average molecular weight is 412 g/mol. The van der Waals surface area contributed by atoms with Gasteiger partial charge in [0.25, 0.3) is 5.91 Å². The number of rotatable bonds is 4. The Morgan fingerprint density at radius 3 is 2.35 bits per heavy atom. The summed E-state index contributed by atoms with van der Waals surface area (Å²) in [6.45, 7) is 4.91. The van der Waals surface area contributed by atoms with Gasteiger partial charge in [-0.05, 0) is 32.2 Å². The molecule has 0 spiro atoms. The predicted octanol–water partition coefficient (Wildman–Crippen LogP) is 3.53. The van der Waals surface area contributed by atoms with Crippen LogP contribution in [-0.2, 0) is 4.79 Å². The van der Waals surface area contributed by atoms with Crippen molar-refractivity contribution in [2.24, 2.45) is 0 Å². The van der Waals surface area contributed by atoms with Crippen molar-refractivity contribution in [3.63, 3.8) is 0 Å². The summed E-state index contributed by atoms with van der Waals surface area (Å²) in [4.78, 5) is 16.9. The Morgan fingerprint density at radius 1 is 1.03 bits per heavy atom. The molecule has 6 heteroatoms. The van der Waals surface area contributed by atoms with Crippen molar-refractivity contribution in [1.29, 1.82) is 5.26 Å². The van der Waals surface area contributed by atoms with Crippen molar-refractivity contribution in [3.8, 4) is 23.0 Å². The maximum Gasteiger partial charge on any atom is 0.264 e. The number of hydrogen-bond acceptors (Lipinski definition) is 4. The molecule has 31 heavy (non-hydrogen) atoms. The van der Waals surface area contributed by atoms with Crippen LogP contribution in [0.2, 0.25) is 0 Å². The highest BCUT2D eigenvalue weighted by Gasteiger charge is 2.23. The van der Waals surface area contributed by atoms with Gasteiger partial charge in [0.15, 0.2) is 0 Å². The van der Waals surface area contributed by atoms with E-state index in [1.54, 1.807) is 15.7 Å². The molecule has 0 atom stereocenters. The van der Waals surface area contributed by atoms with Gasteiger partial charge in [0, 0.05) is 43.5 Å². The van der Waals surface area contributed by atoms with Gasteiger partial charge in [0.2, 0.25) is 0 Å². The lowest BCUT2D eigenvalue weighted by molar-refractivity contribution is -0.128. The normalized spacial score (nSPS) is 15.0. The summed E-state index contributed by atoms with van der Waals surface area (Å²) < 4.78 is 1.79. The van der Waals surface area contributed by atoms with E-state index in [0.717, 1.165) is 41.2 Å². The van der Waals surface area contributed by atoms with Crippen LogP contribution in [0, 0.1) is 18.3 Å². The number of carbonyl (C=O) groups excluding carboxylic acids is 1. The van der Waals surface area contributed by atoms with Gasteiger partial charge < -0.3 is 9.80 Å². The summed E-state index contributed by atoms with van der Waals surface area (Å²) in [6, 6.07) is 20.0. The van der Waals surface area contributed by atoms with Gasteiger partial charge in [-0.1, -0.05) is 48.0 Å². The molecule has 0 N–H and O–H groups in total. The van der Waals surface area contributed by atoms with Crippen molar-refractivity contribution in [3.05, 3.63) is 77.5 Å². The number of para-hydroxylation sites is 1. The number of benzene rings is 2. The van der Waals surface area contributed by atoms with E-state index in [1.807, 2.05) is 74.8 Å². The molecule has 0 aliphatic carbocycles. The predicted molar refractivity (Wildman–Crippen MR) is 121 cm³/mol. The van der Waals surface area contributed by atoms with Crippen LogP contribution in [0.1, 0.15) is 11.1 Å². The highest BCUT2D eigenvalue weighted by atomic mass is 16.2. The monoisotopic (exact) mass is 411 g/mol. The number of piperazine rings is 1. The number of hydrogen-bond donors (Lipinski definition) is 0. The van der Waals surface area contributed by atoms with Crippen LogP contribution in [0.5, 0.6) is 0 Å². The number of likely N-dealkylation sites (N-methyl/N-ethyl adjacent to an activating group) is 1. The standard InChI is InChI=1S/C25H25N5O/c1-19-8-10-20(11-9-19)24-22(18-30(27-24)23-6-4-3-5-7-23)16-21(17-26)25(31)29-14-12-28(2)13-15-29/h3-11,16,18H,12-15H2,1-2H3. The quantitative estimate of drug-likeness (QED) is 0.487. The second-order valence-electron chi connectivity index (χ2n) is 7.84. The molecular formula is C25H25N5O. The highest BCUT2D eigenvalue weighted by molar-refractivity contribution is 6.02. The molecule has 0 unspecified atom stereocenters. The second kappa shape index (κ2) is 8.99. The molecule has 1 saturated heterocycles. The first-order valence-corrected chi connectivity index (χ1v) is 10.4. The van der Waals surface area contributed by atoms with Crippen molar-refractivity contribution in [2.75, 3.05) is 33.2 Å². The van der Waals surface area contributed by atoms with Gasteiger partial charge in [-0.15, -0.1) is 0 Å². The number of amides is 1. The molecule has 1 fully saturated rings. The van der Waals surface area contributed by atoms with E-state index in [1.165, 1.54) is 0 Å². The highest BCUT2D eigenvalue weighted by Crippen LogP contribution is 2.26. The molecule has 4 rings (SSSR count). The van der Waals surface area contributed by atoms with Crippen LogP contribution in [0.15, 0.2) is 66.4 Å². The first-order valence-electron chi connectivity index (χ1n) is 10.4. The van der Waals surface area contributed by atoms with Crippen LogP contribution in [0.4, 0.5) is 0 Å². The number of carbonyl (C=O) groups is 1. The van der Waals surface area contributed by atoms with E-state index >= 15 is 0 Å². The van der Waals surface area contributed by atoms with Gasteiger partial charge in [-0.3, -0.25) is 4.79 Å². The zero-order valence-corrected chi connectivity index (χ0v) is 17.8. The summed E-state index contributed by atoms with van der Waals surface area (Å²) in [6.07, 6.45) is 3.54. The minimum absolute atomic E-state index is 0.130. The molecule has 1 aliphatic heterocycles. The number of nitrogens with zero attached hydrogens (tertiary/aromatic N) is 5. The topological polar surface area (TPSA) is 65.2 Å². The maximum absolute atomic E-state index is 13.0. The van der Waals surface area contributed by atoms with Crippen LogP contribution in [0.25, 0.3) is 23.0 Å². The first-order chi connectivity index (χ1) is 15.0. The third-order valence-corrected chi connectivity index (χ3v) is 5.53. The smallest absolute Gasteiger partial charge is 0.264 e. The molecule has 0 bridgehead atoms. The Hall–Kier alpha value is -3.69. The third kappa shape index (κ3) is 4.57. The third-order valence-electron chi connectivity index (χ3n) is 5.53. The van der Waals surface area contributed by atoms with Crippen molar-refractivity contribution >= 4 is 12.0 Å². The Kier molecular flexibility index (Phi) is 5.96. The van der Waals surface area contributed by atoms with E-state index in [9.17, 15) is 10.1 Å².